The van der Waals surface area contributed by atoms with E-state index in [9.17, 15) is 4.57 Å². The van der Waals surface area contributed by atoms with Crippen LogP contribution in [0.15, 0.2) is 0 Å². The van der Waals surface area contributed by atoms with E-state index in [1.807, 2.05) is 0 Å². The van der Waals surface area contributed by atoms with Gasteiger partial charge in [0.1, 0.15) is 0 Å². The Bertz CT molecular complexity index is 251. The molecule has 0 aromatic carbocycles. The molecule has 2 heteroatoms. The van der Waals surface area contributed by atoms with E-state index in [2.05, 4.69) is 20.5 Å². The van der Waals surface area contributed by atoms with Crippen LogP contribution in [0, 0.1) is 0 Å². The first-order valence-electron chi connectivity index (χ1n) is 10.7. The van der Waals surface area contributed by atoms with Crippen LogP contribution in [-0.2, 0) is 4.57 Å². The van der Waals surface area contributed by atoms with Gasteiger partial charge in [-0.2, -0.15) is 0 Å². The minimum atomic E-state index is -1.82. The zero-order valence-corrected chi connectivity index (χ0v) is 17.5. The average molecular weight is 345 g/mol. The van der Waals surface area contributed by atoms with Gasteiger partial charge in [-0.25, -0.2) is 0 Å². The Morgan fingerprint density at radius 3 is 1.04 bits per heavy atom. The highest BCUT2D eigenvalue weighted by Crippen LogP contribution is 2.43. The third kappa shape index (κ3) is 18.4. The Morgan fingerprint density at radius 1 is 0.478 bits per heavy atom. The summed E-state index contributed by atoms with van der Waals surface area (Å²) in [6, 6.07) is 0. The third-order valence-corrected chi connectivity index (χ3v) is 7.49. The van der Waals surface area contributed by atoms with E-state index in [0.717, 1.165) is 12.3 Å². The Hall–Kier alpha value is 0.230. The zero-order valence-electron chi connectivity index (χ0n) is 16.6. The summed E-state index contributed by atoms with van der Waals surface area (Å²) >= 11 is 0. The Balaban J connectivity index is 3.35. The van der Waals surface area contributed by atoms with Crippen LogP contribution >= 0.6 is 7.14 Å². The van der Waals surface area contributed by atoms with Gasteiger partial charge < -0.3 is 4.57 Å². The maximum atomic E-state index is 12.6. The first-order valence-corrected chi connectivity index (χ1v) is 13.2. The van der Waals surface area contributed by atoms with Crippen LogP contribution in [0.4, 0.5) is 0 Å². The minimum Gasteiger partial charge on any atom is -0.324 e. The number of hydrogen-bond donors (Lipinski definition) is 0. The highest BCUT2D eigenvalue weighted by atomic mass is 31.2. The van der Waals surface area contributed by atoms with Crippen molar-refractivity contribution in [2.24, 2.45) is 0 Å². The van der Waals surface area contributed by atoms with Crippen molar-refractivity contribution in [1.82, 2.24) is 0 Å². The second-order valence-corrected chi connectivity index (χ2v) is 11.2. The zero-order chi connectivity index (χ0) is 17.2. The van der Waals surface area contributed by atoms with Crippen molar-refractivity contribution in [1.29, 1.82) is 0 Å². The van der Waals surface area contributed by atoms with Crippen LogP contribution in [0.5, 0.6) is 0 Å². The summed E-state index contributed by atoms with van der Waals surface area (Å²) in [5.74, 6) is 0. The lowest BCUT2D eigenvalue weighted by Crippen LogP contribution is -1.95. The first-order chi connectivity index (χ1) is 11.1. The van der Waals surface area contributed by atoms with Crippen LogP contribution in [0.2, 0.25) is 0 Å². The van der Waals surface area contributed by atoms with Crippen molar-refractivity contribution in [3.05, 3.63) is 0 Å². The molecule has 0 N–H and O–H groups in total. The van der Waals surface area contributed by atoms with Crippen LogP contribution in [-0.4, -0.2) is 19.0 Å². The van der Waals surface area contributed by atoms with E-state index in [-0.39, 0.29) is 0 Å². The summed E-state index contributed by atoms with van der Waals surface area (Å²) in [4.78, 5) is 0. The van der Waals surface area contributed by atoms with Gasteiger partial charge >= 0.3 is 0 Å². The van der Waals surface area contributed by atoms with E-state index in [1.165, 1.54) is 103 Å². The summed E-state index contributed by atoms with van der Waals surface area (Å²) < 4.78 is 12.6. The maximum absolute atomic E-state index is 12.6. The van der Waals surface area contributed by atoms with E-state index in [0.29, 0.717) is 0 Å². The predicted molar refractivity (Wildman–Crippen MR) is 108 cm³/mol. The molecule has 0 aliphatic carbocycles. The van der Waals surface area contributed by atoms with E-state index in [1.54, 1.807) is 0 Å². The van der Waals surface area contributed by atoms with Crippen LogP contribution in [0.25, 0.3) is 0 Å². The molecule has 0 aliphatic heterocycles. The van der Waals surface area contributed by atoms with Crippen molar-refractivity contribution in [3.63, 3.8) is 0 Å². The molecular weight excluding hydrogens is 299 g/mol. The van der Waals surface area contributed by atoms with Crippen molar-refractivity contribution in [2.45, 2.75) is 117 Å². The average Bonchev–Trinajstić information content (AvgIpc) is 2.52. The van der Waals surface area contributed by atoms with Crippen LogP contribution in [0.3, 0.4) is 0 Å². The lowest BCUT2D eigenvalue weighted by Gasteiger charge is -2.12. The first kappa shape index (κ1) is 23.2. The van der Waals surface area contributed by atoms with E-state index < -0.39 is 7.14 Å². The van der Waals surface area contributed by atoms with E-state index in [4.69, 9.17) is 0 Å². The molecule has 0 radical (unpaired) electrons. The molecule has 0 unspecified atom stereocenters. The lowest BCUT2D eigenvalue weighted by molar-refractivity contribution is 0.559. The Kier molecular flexibility index (Phi) is 17.2. The monoisotopic (exact) mass is 344 g/mol. The third-order valence-electron chi connectivity index (χ3n) is 4.97. The summed E-state index contributed by atoms with van der Waals surface area (Å²) in [5, 5.41) is 0. The molecule has 0 spiro atoms. The Labute approximate surface area is 147 Å². The molecule has 0 rings (SSSR count). The topological polar surface area (TPSA) is 17.1 Å². The van der Waals surface area contributed by atoms with Crippen molar-refractivity contribution in [3.8, 4) is 0 Å². The molecule has 140 valence electrons. The highest BCUT2D eigenvalue weighted by molar-refractivity contribution is 7.63. The normalized spacial score (nSPS) is 12.0. The quantitative estimate of drug-likeness (QED) is 0.181. The Morgan fingerprint density at radius 2 is 0.739 bits per heavy atom. The predicted octanol–water partition coefficient (Wildman–Crippen LogP) is 8.26. The fraction of sp³-hybridized carbons (Fsp3) is 1.00. The van der Waals surface area contributed by atoms with Gasteiger partial charge in [-0.05, 0) is 19.5 Å². The summed E-state index contributed by atoms with van der Waals surface area (Å²) in [5.41, 5.74) is 0. The van der Waals surface area contributed by atoms with Gasteiger partial charge in [0.05, 0.1) is 7.14 Å². The molecule has 0 aliphatic rings. The molecule has 0 aromatic heterocycles. The van der Waals surface area contributed by atoms with Crippen molar-refractivity contribution < 1.29 is 4.57 Å². The van der Waals surface area contributed by atoms with Crippen molar-refractivity contribution in [2.75, 3.05) is 19.0 Å². The summed E-state index contributed by atoms with van der Waals surface area (Å²) in [6.07, 6.45) is 23.5. The molecule has 1 nitrogen and oxygen atoms in total. The highest BCUT2D eigenvalue weighted by Gasteiger charge is 2.13. The molecule has 0 saturated heterocycles. The minimum absolute atomic E-state index is 0.998. The molecule has 0 heterocycles. The van der Waals surface area contributed by atoms with E-state index >= 15 is 0 Å². The number of hydrogen-bond acceptors (Lipinski definition) is 1. The second-order valence-electron chi connectivity index (χ2n) is 7.69. The SMILES string of the molecule is CCCCCCCCCCP(C)(=O)CCCCCCCCCC. The van der Waals surface area contributed by atoms with Crippen molar-refractivity contribution >= 4 is 7.14 Å². The van der Waals surface area contributed by atoms with Gasteiger partial charge in [0.15, 0.2) is 0 Å². The molecule has 0 amide bonds. The molecule has 0 atom stereocenters. The molecule has 0 saturated carbocycles. The fourth-order valence-electron chi connectivity index (χ4n) is 3.27. The fourth-order valence-corrected chi connectivity index (χ4v) is 5.28. The maximum Gasteiger partial charge on any atom is 0.0848 e. The van der Waals surface area contributed by atoms with Gasteiger partial charge in [-0.1, -0.05) is 104 Å². The smallest absolute Gasteiger partial charge is 0.0848 e. The molecule has 0 fully saturated rings. The largest absolute Gasteiger partial charge is 0.324 e. The summed E-state index contributed by atoms with van der Waals surface area (Å²) in [6.45, 7) is 6.59. The molecule has 0 aromatic rings. The standard InChI is InChI=1S/C21H45OP/c1-4-6-8-10-12-14-16-18-20-23(3,22)21-19-17-15-13-11-9-7-5-2/h4-21H2,1-3H3. The van der Waals surface area contributed by atoms with Gasteiger partial charge in [-0.3, -0.25) is 0 Å². The number of rotatable bonds is 18. The van der Waals surface area contributed by atoms with Gasteiger partial charge in [0.25, 0.3) is 0 Å². The van der Waals surface area contributed by atoms with Gasteiger partial charge in [0.2, 0.25) is 0 Å². The van der Waals surface area contributed by atoms with Crippen LogP contribution < -0.4 is 0 Å². The summed E-state index contributed by atoms with van der Waals surface area (Å²) in [7, 11) is -1.82. The lowest BCUT2D eigenvalue weighted by atomic mass is 10.1. The van der Waals surface area contributed by atoms with Gasteiger partial charge in [0, 0.05) is 12.3 Å². The second kappa shape index (κ2) is 17.1. The molecule has 0 bridgehead atoms. The van der Waals surface area contributed by atoms with Gasteiger partial charge in [-0.15, -0.1) is 0 Å². The van der Waals surface area contributed by atoms with Crippen LogP contribution in [0.1, 0.15) is 117 Å². The molecular formula is C21H45OP. The number of unbranched alkanes of at least 4 members (excludes halogenated alkanes) is 14. The molecule has 23 heavy (non-hydrogen) atoms.